The van der Waals surface area contributed by atoms with Crippen molar-refractivity contribution >= 4 is 21.6 Å². The molecule has 0 saturated carbocycles. The maximum Gasteiger partial charge on any atom is 0.243 e. The molecule has 1 amide bonds. The molecule has 0 spiro atoms. The average Bonchev–Trinajstić information content (AvgIpc) is 2.63. The smallest absolute Gasteiger partial charge is 0.243 e. The van der Waals surface area contributed by atoms with Crippen molar-refractivity contribution < 1.29 is 13.2 Å². The standard InChI is InChI=1S/C20H26N2O3S/c1-4-22(5-2)26(24,25)19-13-11-18(12-14-19)21-20(23)15-16(3)17-9-7-6-8-10-17/h6-14,16H,4-5,15H2,1-3H3,(H,21,23)/t16-/m0/s1. The second-order valence-electron chi connectivity index (χ2n) is 6.18. The lowest BCUT2D eigenvalue weighted by molar-refractivity contribution is -0.116. The zero-order valence-corrected chi connectivity index (χ0v) is 16.3. The van der Waals surface area contributed by atoms with Gasteiger partial charge in [-0.05, 0) is 35.7 Å². The Bertz CT molecular complexity index is 814. The van der Waals surface area contributed by atoms with E-state index in [4.69, 9.17) is 0 Å². The van der Waals surface area contributed by atoms with Crippen LogP contribution in [-0.4, -0.2) is 31.7 Å². The predicted molar refractivity (Wildman–Crippen MR) is 105 cm³/mol. The molecule has 0 saturated heterocycles. The number of rotatable bonds is 8. The number of nitrogens with one attached hydrogen (secondary N) is 1. The third-order valence-electron chi connectivity index (χ3n) is 4.34. The van der Waals surface area contributed by atoms with Crippen LogP contribution in [0.5, 0.6) is 0 Å². The van der Waals surface area contributed by atoms with Crippen LogP contribution in [-0.2, 0) is 14.8 Å². The Morgan fingerprint density at radius 3 is 2.12 bits per heavy atom. The van der Waals surface area contributed by atoms with E-state index in [1.54, 1.807) is 12.1 Å². The monoisotopic (exact) mass is 374 g/mol. The van der Waals surface area contributed by atoms with Crippen molar-refractivity contribution in [2.75, 3.05) is 18.4 Å². The molecule has 5 nitrogen and oxygen atoms in total. The molecule has 0 radical (unpaired) electrons. The van der Waals surface area contributed by atoms with Gasteiger partial charge in [0.2, 0.25) is 15.9 Å². The van der Waals surface area contributed by atoms with Crippen LogP contribution >= 0.6 is 0 Å². The van der Waals surface area contributed by atoms with Gasteiger partial charge in [0.1, 0.15) is 0 Å². The number of amides is 1. The minimum absolute atomic E-state index is 0.0966. The van der Waals surface area contributed by atoms with E-state index in [9.17, 15) is 13.2 Å². The van der Waals surface area contributed by atoms with Gasteiger partial charge < -0.3 is 5.32 Å². The second kappa shape index (κ2) is 8.96. The number of carbonyl (C=O) groups is 1. The zero-order chi connectivity index (χ0) is 19.2. The van der Waals surface area contributed by atoms with E-state index in [0.717, 1.165) is 5.56 Å². The van der Waals surface area contributed by atoms with Crippen LogP contribution in [0.25, 0.3) is 0 Å². The van der Waals surface area contributed by atoms with Gasteiger partial charge in [-0.1, -0.05) is 51.1 Å². The minimum atomic E-state index is -3.48. The number of sulfonamides is 1. The molecule has 0 heterocycles. The van der Waals surface area contributed by atoms with Gasteiger partial charge in [0.05, 0.1) is 4.90 Å². The number of benzene rings is 2. The molecular formula is C20H26N2O3S. The fraction of sp³-hybridized carbons (Fsp3) is 0.350. The maximum atomic E-state index is 12.5. The topological polar surface area (TPSA) is 66.5 Å². The molecule has 0 aliphatic heterocycles. The second-order valence-corrected chi connectivity index (χ2v) is 8.12. The SMILES string of the molecule is CCN(CC)S(=O)(=O)c1ccc(NC(=O)C[C@H](C)c2ccccc2)cc1. The molecule has 2 aromatic rings. The van der Waals surface area contributed by atoms with Crippen LogP contribution in [0.2, 0.25) is 0 Å². The fourth-order valence-electron chi connectivity index (χ4n) is 2.81. The van der Waals surface area contributed by atoms with Crippen molar-refractivity contribution in [3.05, 3.63) is 60.2 Å². The van der Waals surface area contributed by atoms with Gasteiger partial charge in [0.15, 0.2) is 0 Å². The van der Waals surface area contributed by atoms with Crippen molar-refractivity contribution in [1.82, 2.24) is 4.31 Å². The largest absolute Gasteiger partial charge is 0.326 e. The molecule has 140 valence electrons. The summed E-state index contributed by atoms with van der Waals surface area (Å²) >= 11 is 0. The summed E-state index contributed by atoms with van der Waals surface area (Å²) in [5.41, 5.74) is 1.71. The number of hydrogen-bond donors (Lipinski definition) is 1. The highest BCUT2D eigenvalue weighted by Gasteiger charge is 2.21. The third kappa shape index (κ3) is 4.93. The summed E-state index contributed by atoms with van der Waals surface area (Å²) in [6, 6.07) is 16.2. The van der Waals surface area contributed by atoms with Crippen molar-refractivity contribution in [1.29, 1.82) is 0 Å². The van der Waals surface area contributed by atoms with E-state index in [0.29, 0.717) is 25.2 Å². The number of carbonyl (C=O) groups excluding carboxylic acids is 1. The molecule has 1 N–H and O–H groups in total. The van der Waals surface area contributed by atoms with Crippen LogP contribution in [0.3, 0.4) is 0 Å². The molecule has 0 aromatic heterocycles. The van der Waals surface area contributed by atoms with Crippen LogP contribution in [0.15, 0.2) is 59.5 Å². The predicted octanol–water partition coefficient (Wildman–Crippen LogP) is 3.85. The Balaban J connectivity index is 2.02. The zero-order valence-electron chi connectivity index (χ0n) is 15.5. The van der Waals surface area contributed by atoms with Crippen molar-refractivity contribution in [2.24, 2.45) is 0 Å². The van der Waals surface area contributed by atoms with E-state index in [-0.39, 0.29) is 16.7 Å². The Morgan fingerprint density at radius 2 is 1.58 bits per heavy atom. The Hall–Kier alpha value is -2.18. The summed E-state index contributed by atoms with van der Waals surface area (Å²) in [5.74, 6) is 0.0132. The summed E-state index contributed by atoms with van der Waals surface area (Å²) in [5, 5.41) is 2.83. The maximum absolute atomic E-state index is 12.5. The van der Waals surface area contributed by atoms with Crippen LogP contribution < -0.4 is 5.32 Å². The molecule has 0 fully saturated rings. The molecule has 0 bridgehead atoms. The molecule has 26 heavy (non-hydrogen) atoms. The molecule has 2 aromatic carbocycles. The van der Waals surface area contributed by atoms with Gasteiger partial charge in [0, 0.05) is 25.2 Å². The molecule has 0 aliphatic carbocycles. The summed E-state index contributed by atoms with van der Waals surface area (Å²) in [4.78, 5) is 12.5. The van der Waals surface area contributed by atoms with Crippen molar-refractivity contribution in [2.45, 2.75) is 38.0 Å². The lowest BCUT2D eigenvalue weighted by Crippen LogP contribution is -2.30. The van der Waals surface area contributed by atoms with Crippen molar-refractivity contribution in [3.63, 3.8) is 0 Å². The lowest BCUT2D eigenvalue weighted by atomic mass is 9.97. The van der Waals surface area contributed by atoms with Gasteiger partial charge >= 0.3 is 0 Å². The van der Waals surface area contributed by atoms with E-state index in [2.05, 4.69) is 5.32 Å². The van der Waals surface area contributed by atoms with Crippen molar-refractivity contribution in [3.8, 4) is 0 Å². The highest BCUT2D eigenvalue weighted by atomic mass is 32.2. The molecule has 0 unspecified atom stereocenters. The van der Waals surface area contributed by atoms with Gasteiger partial charge in [-0.15, -0.1) is 0 Å². The summed E-state index contributed by atoms with van der Waals surface area (Å²) < 4.78 is 26.3. The average molecular weight is 375 g/mol. The molecular weight excluding hydrogens is 348 g/mol. The van der Waals surface area contributed by atoms with E-state index < -0.39 is 10.0 Å². The third-order valence-corrected chi connectivity index (χ3v) is 6.41. The fourth-order valence-corrected chi connectivity index (χ4v) is 4.27. The van der Waals surface area contributed by atoms with Crippen LogP contribution in [0.4, 0.5) is 5.69 Å². The first-order valence-electron chi connectivity index (χ1n) is 8.83. The van der Waals surface area contributed by atoms with Gasteiger partial charge in [-0.3, -0.25) is 4.79 Å². The highest BCUT2D eigenvalue weighted by molar-refractivity contribution is 7.89. The Kier molecular flexibility index (Phi) is 6.94. The van der Waals surface area contributed by atoms with Gasteiger partial charge in [-0.25, -0.2) is 8.42 Å². The quantitative estimate of drug-likeness (QED) is 0.763. The first kappa shape index (κ1) is 20.1. The highest BCUT2D eigenvalue weighted by Crippen LogP contribution is 2.21. The van der Waals surface area contributed by atoms with E-state index in [1.807, 2.05) is 51.1 Å². The van der Waals surface area contributed by atoms with E-state index >= 15 is 0 Å². The number of hydrogen-bond acceptors (Lipinski definition) is 3. The molecule has 2 rings (SSSR count). The molecule has 0 aliphatic rings. The normalized spacial score (nSPS) is 12.8. The first-order chi connectivity index (χ1) is 12.4. The lowest BCUT2D eigenvalue weighted by Gasteiger charge is -2.18. The first-order valence-corrected chi connectivity index (χ1v) is 10.3. The molecule has 1 atom stereocenters. The van der Waals surface area contributed by atoms with Gasteiger partial charge in [0.25, 0.3) is 0 Å². The van der Waals surface area contributed by atoms with Crippen LogP contribution in [0.1, 0.15) is 38.7 Å². The van der Waals surface area contributed by atoms with Gasteiger partial charge in [-0.2, -0.15) is 4.31 Å². The minimum Gasteiger partial charge on any atom is -0.326 e. The number of nitrogens with zero attached hydrogens (tertiary/aromatic N) is 1. The Labute approximate surface area is 156 Å². The van der Waals surface area contributed by atoms with E-state index in [1.165, 1.54) is 16.4 Å². The summed E-state index contributed by atoms with van der Waals surface area (Å²) in [7, 11) is -3.48. The number of anilines is 1. The summed E-state index contributed by atoms with van der Waals surface area (Å²) in [6.45, 7) is 6.48. The Morgan fingerprint density at radius 1 is 1.00 bits per heavy atom. The van der Waals surface area contributed by atoms with Crippen LogP contribution in [0, 0.1) is 0 Å². The molecule has 6 heteroatoms. The summed E-state index contributed by atoms with van der Waals surface area (Å²) in [6.07, 6.45) is 0.365.